The van der Waals surface area contributed by atoms with Gasteiger partial charge in [0.1, 0.15) is 5.69 Å². The maximum absolute atomic E-state index is 15.3. The Morgan fingerprint density at radius 1 is 0.889 bits per heavy atom. The number of aromatic nitrogens is 1. The van der Waals surface area contributed by atoms with Gasteiger partial charge in [0.25, 0.3) is 11.8 Å². The van der Waals surface area contributed by atoms with Gasteiger partial charge in [-0.3, -0.25) is 24.2 Å². The normalized spacial score (nSPS) is 26.5. The number of ketones is 2. The molecule has 1 saturated carbocycles. The van der Waals surface area contributed by atoms with Crippen molar-refractivity contribution in [3.63, 3.8) is 0 Å². The monoisotopic (exact) mass is 755 g/mol. The summed E-state index contributed by atoms with van der Waals surface area (Å²) in [4.78, 5) is 62.4. The number of allylic oxidation sites excluding steroid dienone is 4. The molecule has 1 aliphatic heterocycles. The molecule has 4 aliphatic rings. The number of Topliss-reactive ketones (excluding diaryl/α,β-unsaturated/α-hetero) is 1. The lowest BCUT2D eigenvalue weighted by Gasteiger charge is -2.55. The Bertz CT molecular complexity index is 2310. The Morgan fingerprint density at radius 3 is 2.26 bits per heavy atom. The van der Waals surface area contributed by atoms with Crippen molar-refractivity contribution in [2.75, 3.05) is 12.1 Å². The van der Waals surface area contributed by atoms with Crippen LogP contribution in [0, 0.1) is 29.5 Å². The van der Waals surface area contributed by atoms with Gasteiger partial charge in [0.15, 0.2) is 29.0 Å². The number of carbonyl (C=O) groups excluding carboxylic acids is 4. The van der Waals surface area contributed by atoms with Gasteiger partial charge < -0.3 is 5.11 Å². The van der Waals surface area contributed by atoms with Gasteiger partial charge >= 0.3 is 6.18 Å². The Kier molecular flexibility index (Phi) is 8.37. The van der Waals surface area contributed by atoms with Crippen molar-refractivity contribution in [2.24, 2.45) is 23.7 Å². The summed E-state index contributed by atoms with van der Waals surface area (Å²) in [5.74, 6) is -9.82. The molecule has 0 unspecified atom stereocenters. The zero-order valence-corrected chi connectivity index (χ0v) is 29.2. The first-order valence-electron chi connectivity index (χ1n) is 17.2. The molecule has 8 rings (SSSR count). The van der Waals surface area contributed by atoms with Crippen molar-refractivity contribution < 1.29 is 41.8 Å². The lowest BCUT2D eigenvalue weighted by Crippen LogP contribution is -2.59. The molecule has 1 N–H and O–H groups in total. The minimum absolute atomic E-state index is 0.0233. The van der Waals surface area contributed by atoms with Crippen molar-refractivity contribution in [2.45, 2.75) is 30.4 Å². The fraction of sp³-hybridized carbons (Fsp3) is 0.244. The van der Waals surface area contributed by atoms with Gasteiger partial charge in [-0.25, -0.2) is 9.37 Å². The number of imide groups is 1. The first-order chi connectivity index (χ1) is 25.8. The van der Waals surface area contributed by atoms with Crippen LogP contribution in [0.3, 0.4) is 0 Å². The molecular weight excluding hydrogens is 726 g/mol. The van der Waals surface area contributed by atoms with Crippen molar-refractivity contribution in [1.29, 1.82) is 0 Å². The molecule has 6 atom stereocenters. The molecule has 0 spiro atoms. The van der Waals surface area contributed by atoms with E-state index >= 15 is 9.18 Å². The SMILES string of the molecule is CN(c1nc(C(F)(F)F)ccc1Cl)N1C(=O)[C@H]2[C@H](CC=C3[C@H]2C[C@H]2C(=O)C(c4ccccc4)=CC(=O)[C@@]2(c2ccccc2)[C@H]3c2cccc(F)c2O)C1=O. The van der Waals surface area contributed by atoms with Crippen LogP contribution in [0.15, 0.2) is 109 Å². The van der Waals surface area contributed by atoms with E-state index in [-0.39, 0.29) is 29.0 Å². The van der Waals surface area contributed by atoms with E-state index in [0.717, 1.165) is 22.2 Å². The number of fused-ring (bicyclic) bond motifs is 4. The van der Waals surface area contributed by atoms with E-state index in [1.54, 1.807) is 66.7 Å². The number of hydrazine groups is 1. The molecule has 2 fully saturated rings. The molecule has 3 aromatic carbocycles. The second-order valence-corrected chi connectivity index (χ2v) is 14.4. The number of hydrogen-bond acceptors (Lipinski definition) is 7. The number of nitrogens with zero attached hydrogens (tertiary/aromatic N) is 3. The highest BCUT2D eigenvalue weighted by Crippen LogP contribution is 2.64. The largest absolute Gasteiger partial charge is 0.505 e. The number of phenols is 1. The maximum Gasteiger partial charge on any atom is 0.433 e. The number of rotatable bonds is 5. The smallest absolute Gasteiger partial charge is 0.433 e. The van der Waals surface area contributed by atoms with E-state index in [4.69, 9.17) is 11.6 Å². The number of benzene rings is 3. The lowest BCUT2D eigenvalue weighted by atomic mass is 9.44. The van der Waals surface area contributed by atoms with E-state index in [1.807, 2.05) is 0 Å². The van der Waals surface area contributed by atoms with Crippen molar-refractivity contribution in [1.82, 2.24) is 9.99 Å². The molecule has 0 bridgehead atoms. The third-order valence-corrected chi connectivity index (χ3v) is 11.7. The average molecular weight is 756 g/mol. The quantitative estimate of drug-likeness (QED) is 0.128. The highest BCUT2D eigenvalue weighted by Gasteiger charge is 2.66. The number of aromatic hydroxyl groups is 1. The number of carbonyl (C=O) groups is 4. The number of phenolic OH excluding ortho intramolecular Hbond substituents is 1. The molecule has 13 heteroatoms. The Labute approximate surface area is 311 Å². The molecule has 1 aromatic heterocycles. The number of amides is 2. The van der Waals surface area contributed by atoms with Crippen LogP contribution in [-0.2, 0) is 30.8 Å². The minimum Gasteiger partial charge on any atom is -0.505 e. The second-order valence-electron chi connectivity index (χ2n) is 14.0. The average Bonchev–Trinajstić information content (AvgIpc) is 3.42. The molecule has 4 aromatic rings. The fourth-order valence-electron chi connectivity index (χ4n) is 9.17. The number of para-hydroxylation sites is 1. The van der Waals surface area contributed by atoms with Gasteiger partial charge in [-0.1, -0.05) is 96.0 Å². The molecule has 2 amide bonds. The van der Waals surface area contributed by atoms with E-state index in [1.165, 1.54) is 25.3 Å². The van der Waals surface area contributed by atoms with Gasteiger partial charge in [-0.05, 0) is 54.2 Å². The zero-order valence-electron chi connectivity index (χ0n) is 28.4. The Morgan fingerprint density at radius 2 is 1.57 bits per heavy atom. The third kappa shape index (κ3) is 5.14. The summed E-state index contributed by atoms with van der Waals surface area (Å²) in [5.41, 5.74) is -1.38. The molecule has 1 saturated heterocycles. The first kappa shape index (κ1) is 35.4. The fourth-order valence-corrected chi connectivity index (χ4v) is 9.40. The minimum atomic E-state index is -4.84. The summed E-state index contributed by atoms with van der Waals surface area (Å²) < 4.78 is 56.3. The summed E-state index contributed by atoms with van der Waals surface area (Å²) in [6.07, 6.45) is -1.91. The molecule has 0 radical (unpaired) electrons. The molecule has 2 heterocycles. The molecule has 8 nitrogen and oxygen atoms in total. The van der Waals surface area contributed by atoms with Crippen LogP contribution in [0.5, 0.6) is 5.75 Å². The van der Waals surface area contributed by atoms with Crippen LogP contribution in [0.2, 0.25) is 5.02 Å². The lowest BCUT2D eigenvalue weighted by molar-refractivity contribution is -0.141. The van der Waals surface area contributed by atoms with Gasteiger partial charge in [-0.15, -0.1) is 0 Å². The van der Waals surface area contributed by atoms with Gasteiger partial charge in [0.2, 0.25) is 0 Å². The van der Waals surface area contributed by atoms with Crippen LogP contribution >= 0.6 is 11.6 Å². The Balaban J connectivity index is 1.31. The highest BCUT2D eigenvalue weighted by atomic mass is 35.5. The number of halogens is 5. The van der Waals surface area contributed by atoms with Gasteiger partial charge in [0, 0.05) is 30.0 Å². The van der Waals surface area contributed by atoms with Crippen LogP contribution in [0.4, 0.5) is 23.4 Å². The molecule has 54 heavy (non-hydrogen) atoms. The van der Waals surface area contributed by atoms with E-state index in [2.05, 4.69) is 4.98 Å². The number of hydrogen-bond donors (Lipinski definition) is 1. The van der Waals surface area contributed by atoms with Crippen LogP contribution < -0.4 is 5.01 Å². The van der Waals surface area contributed by atoms with Crippen molar-refractivity contribution >= 4 is 46.4 Å². The van der Waals surface area contributed by atoms with Gasteiger partial charge in [-0.2, -0.15) is 18.2 Å². The third-order valence-electron chi connectivity index (χ3n) is 11.4. The standard InChI is InChI=1S/C41H30ClF4N3O5/c1-48(37-29(42)17-18-31(47-37)41(44,45)46)49-38(53)24-16-15-23-27(33(24)39(49)54)19-28-35(51)26(21-9-4-2-5-10-21)20-32(50)40(28,22-11-6-3-7-12-22)34(23)25-13-8-14-30(43)36(25)52/h2-15,17-18,20,24,27-28,33-34,52H,16,19H2,1H3/t24-,27+,28-,33-,34+,40-/m0/s1. The topological polar surface area (TPSA) is 108 Å². The number of alkyl halides is 3. The van der Waals surface area contributed by atoms with E-state index in [0.29, 0.717) is 22.8 Å². The van der Waals surface area contributed by atoms with Gasteiger partial charge in [0.05, 0.1) is 22.3 Å². The predicted molar refractivity (Wildman–Crippen MR) is 189 cm³/mol. The van der Waals surface area contributed by atoms with E-state index < -0.39 is 87.6 Å². The predicted octanol–water partition coefficient (Wildman–Crippen LogP) is 7.47. The summed E-state index contributed by atoms with van der Waals surface area (Å²) in [6, 6.07) is 22.8. The summed E-state index contributed by atoms with van der Waals surface area (Å²) >= 11 is 6.28. The summed E-state index contributed by atoms with van der Waals surface area (Å²) in [5, 5.41) is 12.7. The van der Waals surface area contributed by atoms with Crippen molar-refractivity contribution in [3.05, 3.63) is 142 Å². The first-order valence-corrected chi connectivity index (χ1v) is 17.6. The second kappa shape index (κ2) is 12.8. The Hall–Kier alpha value is -5.62. The van der Waals surface area contributed by atoms with Crippen LogP contribution in [-0.4, -0.2) is 45.5 Å². The number of anilines is 1. The highest BCUT2D eigenvalue weighted by molar-refractivity contribution is 6.33. The zero-order chi connectivity index (χ0) is 38.3. The summed E-state index contributed by atoms with van der Waals surface area (Å²) in [6.45, 7) is 0. The van der Waals surface area contributed by atoms with Crippen LogP contribution in [0.25, 0.3) is 5.57 Å². The molecule has 3 aliphatic carbocycles. The molecule has 274 valence electrons. The summed E-state index contributed by atoms with van der Waals surface area (Å²) in [7, 11) is 1.21. The van der Waals surface area contributed by atoms with E-state index in [9.17, 15) is 32.7 Å². The number of pyridine rings is 1. The van der Waals surface area contributed by atoms with Crippen molar-refractivity contribution in [3.8, 4) is 5.75 Å². The maximum atomic E-state index is 15.3. The molecular formula is C41H30ClF4N3O5. The van der Waals surface area contributed by atoms with Crippen LogP contribution in [0.1, 0.15) is 41.1 Å².